The zero-order valence-corrected chi connectivity index (χ0v) is 15.2. The van der Waals surface area contributed by atoms with Crippen LogP contribution in [0.5, 0.6) is 0 Å². The lowest BCUT2D eigenvalue weighted by atomic mass is 10.1. The van der Waals surface area contributed by atoms with Crippen LogP contribution in [0.4, 0.5) is 22.0 Å². The van der Waals surface area contributed by atoms with Gasteiger partial charge in [0.25, 0.3) is 0 Å². The monoisotopic (exact) mass is 344 g/mol. The molecule has 0 bridgehead atoms. The number of nitrogens with one attached hydrogen (secondary N) is 3. The second-order valence-corrected chi connectivity index (χ2v) is 5.87. The van der Waals surface area contributed by atoms with Crippen molar-refractivity contribution in [3.63, 3.8) is 0 Å². The first-order chi connectivity index (χ1) is 11.8. The number of aromatic amines is 1. The van der Waals surface area contributed by atoms with Crippen LogP contribution in [0, 0.1) is 13.8 Å². The van der Waals surface area contributed by atoms with E-state index in [1.54, 1.807) is 20.8 Å². The lowest BCUT2D eigenvalue weighted by molar-refractivity contribution is 0.0525. The average Bonchev–Trinajstić information content (AvgIpc) is 2.82. The second-order valence-electron chi connectivity index (χ2n) is 5.87. The van der Waals surface area contributed by atoms with Gasteiger partial charge in [0.05, 0.1) is 12.2 Å². The number of rotatable bonds is 5. The van der Waals surface area contributed by atoms with Crippen molar-refractivity contribution in [2.75, 3.05) is 36.2 Å². The van der Waals surface area contributed by atoms with Gasteiger partial charge >= 0.3 is 12.0 Å². The lowest BCUT2D eigenvalue weighted by Crippen LogP contribution is -2.20. The van der Waals surface area contributed by atoms with Crippen LogP contribution < -0.4 is 15.5 Å². The molecule has 0 unspecified atom stereocenters. The fraction of sp³-hybridized carbons (Fsp3) is 0.333. The van der Waals surface area contributed by atoms with Gasteiger partial charge in [0, 0.05) is 36.7 Å². The highest BCUT2D eigenvalue weighted by molar-refractivity contribution is 6.02. The molecule has 2 aromatic rings. The molecule has 0 atom stereocenters. The summed E-state index contributed by atoms with van der Waals surface area (Å²) < 4.78 is 5.04. The normalized spacial score (nSPS) is 10.3. The Kier molecular flexibility index (Phi) is 5.69. The highest BCUT2D eigenvalue weighted by Gasteiger charge is 2.20. The number of carbonyl (C=O) groups excluding carboxylic acids is 2. The number of aromatic nitrogens is 1. The Balaban J connectivity index is 2.08. The summed E-state index contributed by atoms with van der Waals surface area (Å²) in [6.45, 7) is 5.58. The van der Waals surface area contributed by atoms with Crippen LogP contribution in [0.3, 0.4) is 0 Å². The number of aryl methyl sites for hydroxylation is 1. The van der Waals surface area contributed by atoms with E-state index < -0.39 is 12.0 Å². The number of nitrogens with zero attached hydrogens (tertiary/aromatic N) is 1. The zero-order valence-electron chi connectivity index (χ0n) is 15.2. The molecule has 7 heteroatoms. The maximum atomic E-state index is 12.2. The Morgan fingerprint density at radius 3 is 2.32 bits per heavy atom. The number of carbonyl (C=O) groups is 2. The van der Waals surface area contributed by atoms with Crippen LogP contribution >= 0.6 is 0 Å². The molecule has 1 aromatic carbocycles. The van der Waals surface area contributed by atoms with Crippen LogP contribution in [0.1, 0.15) is 28.5 Å². The molecule has 1 heterocycles. The largest absolute Gasteiger partial charge is 0.462 e. The lowest BCUT2D eigenvalue weighted by Gasteiger charge is -2.13. The number of H-pyrrole nitrogens is 1. The van der Waals surface area contributed by atoms with Crippen molar-refractivity contribution in [2.45, 2.75) is 20.8 Å². The molecule has 25 heavy (non-hydrogen) atoms. The quantitative estimate of drug-likeness (QED) is 0.724. The molecule has 0 fully saturated rings. The smallest absolute Gasteiger partial charge is 0.340 e. The topological polar surface area (TPSA) is 86.5 Å². The van der Waals surface area contributed by atoms with Crippen molar-refractivity contribution < 1.29 is 14.3 Å². The molecule has 3 N–H and O–H groups in total. The van der Waals surface area contributed by atoms with E-state index in [1.165, 1.54) is 0 Å². The van der Waals surface area contributed by atoms with Gasteiger partial charge in [0.2, 0.25) is 0 Å². The summed E-state index contributed by atoms with van der Waals surface area (Å²) in [6, 6.07) is 7.09. The van der Waals surface area contributed by atoms with Crippen molar-refractivity contribution in [1.82, 2.24) is 4.98 Å². The van der Waals surface area contributed by atoms with Crippen LogP contribution in [-0.4, -0.2) is 37.7 Å². The number of ether oxygens (including phenoxy) is 1. The first-order valence-electron chi connectivity index (χ1n) is 8.05. The number of hydrogen-bond donors (Lipinski definition) is 3. The Morgan fingerprint density at radius 2 is 1.76 bits per heavy atom. The van der Waals surface area contributed by atoms with E-state index in [9.17, 15) is 9.59 Å². The van der Waals surface area contributed by atoms with Crippen molar-refractivity contribution in [1.29, 1.82) is 0 Å². The molecule has 1 aromatic heterocycles. The third-order valence-corrected chi connectivity index (χ3v) is 3.80. The maximum Gasteiger partial charge on any atom is 0.340 e. The molecule has 0 aliphatic rings. The SMILES string of the molecule is CCOC(=O)c1c(C)[nH]c(NC(=O)Nc2ccc(N(C)C)cc2)c1C. The molecular weight excluding hydrogens is 320 g/mol. The molecule has 2 rings (SSSR count). The molecule has 134 valence electrons. The van der Waals surface area contributed by atoms with Crippen LogP contribution in [0.25, 0.3) is 0 Å². The molecule has 7 nitrogen and oxygen atoms in total. The average molecular weight is 344 g/mol. The van der Waals surface area contributed by atoms with Gasteiger partial charge in [-0.1, -0.05) is 0 Å². The van der Waals surface area contributed by atoms with Crippen molar-refractivity contribution in [3.8, 4) is 0 Å². The summed E-state index contributed by atoms with van der Waals surface area (Å²) in [5, 5.41) is 5.49. The van der Waals surface area contributed by atoms with E-state index in [1.807, 2.05) is 43.3 Å². The Labute approximate surface area is 147 Å². The zero-order chi connectivity index (χ0) is 18.6. The molecule has 0 saturated carbocycles. The molecular formula is C18H24N4O3. The predicted octanol–water partition coefficient (Wildman–Crippen LogP) is 3.52. The Bertz CT molecular complexity index is 763. The van der Waals surface area contributed by atoms with Crippen LogP contribution in [0.15, 0.2) is 24.3 Å². The van der Waals surface area contributed by atoms with Gasteiger partial charge in [0.15, 0.2) is 0 Å². The fourth-order valence-corrected chi connectivity index (χ4v) is 2.50. The fourth-order valence-electron chi connectivity index (χ4n) is 2.50. The summed E-state index contributed by atoms with van der Waals surface area (Å²) in [6.07, 6.45) is 0. The summed E-state index contributed by atoms with van der Waals surface area (Å²) in [5.41, 5.74) is 3.47. The van der Waals surface area contributed by atoms with E-state index in [4.69, 9.17) is 4.74 Å². The van der Waals surface area contributed by atoms with E-state index in [0.717, 1.165) is 5.69 Å². The molecule has 0 radical (unpaired) electrons. The van der Waals surface area contributed by atoms with Crippen LogP contribution in [0.2, 0.25) is 0 Å². The third-order valence-electron chi connectivity index (χ3n) is 3.80. The highest BCUT2D eigenvalue weighted by Crippen LogP contribution is 2.23. The van der Waals surface area contributed by atoms with Gasteiger partial charge < -0.3 is 19.9 Å². The summed E-state index contributed by atoms with van der Waals surface area (Å²) >= 11 is 0. The third kappa shape index (κ3) is 4.32. The van der Waals surface area contributed by atoms with E-state index >= 15 is 0 Å². The van der Waals surface area contributed by atoms with Crippen molar-refractivity contribution in [3.05, 3.63) is 41.1 Å². The van der Waals surface area contributed by atoms with Gasteiger partial charge in [-0.2, -0.15) is 0 Å². The number of urea groups is 1. The maximum absolute atomic E-state index is 12.2. The number of esters is 1. The molecule has 2 amide bonds. The number of hydrogen-bond acceptors (Lipinski definition) is 4. The number of benzene rings is 1. The number of anilines is 3. The molecule has 0 saturated heterocycles. The van der Waals surface area contributed by atoms with Gasteiger partial charge in [-0.25, -0.2) is 9.59 Å². The van der Waals surface area contributed by atoms with Gasteiger partial charge in [-0.3, -0.25) is 5.32 Å². The van der Waals surface area contributed by atoms with Gasteiger partial charge in [0.1, 0.15) is 5.82 Å². The molecule has 0 spiro atoms. The highest BCUT2D eigenvalue weighted by atomic mass is 16.5. The van der Waals surface area contributed by atoms with E-state index in [-0.39, 0.29) is 0 Å². The van der Waals surface area contributed by atoms with Crippen molar-refractivity contribution >= 4 is 29.2 Å². The first-order valence-corrected chi connectivity index (χ1v) is 8.05. The standard InChI is InChI=1S/C18H24N4O3/c1-6-25-17(23)15-11(2)16(19-12(15)3)21-18(24)20-13-7-9-14(10-8-13)22(4)5/h7-10,19H,6H2,1-5H3,(H2,20,21,24). The molecule has 0 aliphatic heterocycles. The van der Waals surface area contributed by atoms with E-state index in [2.05, 4.69) is 15.6 Å². The molecule has 0 aliphatic carbocycles. The van der Waals surface area contributed by atoms with Gasteiger partial charge in [-0.15, -0.1) is 0 Å². The minimum Gasteiger partial charge on any atom is -0.462 e. The summed E-state index contributed by atoms with van der Waals surface area (Å²) in [4.78, 5) is 29.2. The van der Waals surface area contributed by atoms with E-state index in [0.29, 0.717) is 34.9 Å². The van der Waals surface area contributed by atoms with Crippen LogP contribution in [-0.2, 0) is 4.74 Å². The minimum absolute atomic E-state index is 0.301. The van der Waals surface area contributed by atoms with Crippen molar-refractivity contribution in [2.24, 2.45) is 0 Å². The Morgan fingerprint density at radius 1 is 1.12 bits per heavy atom. The first kappa shape index (κ1) is 18.4. The predicted molar refractivity (Wildman–Crippen MR) is 99.6 cm³/mol. The van der Waals surface area contributed by atoms with Gasteiger partial charge in [-0.05, 0) is 45.0 Å². The minimum atomic E-state index is -0.401. The number of amides is 2. The summed E-state index contributed by atoms with van der Waals surface area (Å²) in [5.74, 6) is 0.0736. The Hall–Kier alpha value is -2.96. The second kappa shape index (κ2) is 7.74. The summed E-state index contributed by atoms with van der Waals surface area (Å²) in [7, 11) is 3.90.